The molecule has 5 heterocycles. The van der Waals surface area contributed by atoms with Crippen molar-refractivity contribution in [3.05, 3.63) is 65.6 Å². The molecule has 1 amide bonds. The standard InChI is InChI=1S/C25H25FN6O2/c1-16-11-20(26)21(29-25(33)19-14-28-32-5-2-3-22(19)32)13-18(16)17-12-23(30-7-9-34-10-8-30)24-27-4-6-31(24)15-17/h4,6,11-15H,2-3,5,7-10H2,1H3,(H,29,33). The van der Waals surface area contributed by atoms with Gasteiger partial charge in [0.1, 0.15) is 5.82 Å². The fourth-order valence-electron chi connectivity index (χ4n) is 4.92. The van der Waals surface area contributed by atoms with Crippen LogP contribution < -0.4 is 10.2 Å². The molecule has 4 aromatic rings. The molecule has 174 valence electrons. The molecule has 3 aromatic heterocycles. The van der Waals surface area contributed by atoms with Crippen LogP contribution in [0.5, 0.6) is 0 Å². The van der Waals surface area contributed by atoms with Gasteiger partial charge in [0.15, 0.2) is 5.65 Å². The molecule has 0 atom stereocenters. The second kappa shape index (κ2) is 8.25. The summed E-state index contributed by atoms with van der Waals surface area (Å²) in [5.74, 6) is -0.800. The summed E-state index contributed by atoms with van der Waals surface area (Å²) >= 11 is 0. The van der Waals surface area contributed by atoms with Crippen molar-refractivity contribution in [1.29, 1.82) is 0 Å². The van der Waals surface area contributed by atoms with Gasteiger partial charge in [-0.3, -0.25) is 9.48 Å². The molecule has 0 unspecified atom stereocenters. The number of morpholine rings is 1. The number of pyridine rings is 1. The molecule has 1 saturated heterocycles. The van der Waals surface area contributed by atoms with E-state index in [0.29, 0.717) is 18.8 Å². The van der Waals surface area contributed by atoms with Gasteiger partial charge in [0.05, 0.1) is 42.0 Å². The van der Waals surface area contributed by atoms with E-state index in [0.717, 1.165) is 66.2 Å². The number of amides is 1. The molecular formula is C25H25FN6O2. The number of imidazole rings is 1. The van der Waals surface area contributed by atoms with Gasteiger partial charge in [-0.05, 0) is 49.1 Å². The highest BCUT2D eigenvalue weighted by atomic mass is 19.1. The number of anilines is 2. The van der Waals surface area contributed by atoms with E-state index in [1.807, 2.05) is 28.4 Å². The first kappa shape index (κ1) is 20.9. The van der Waals surface area contributed by atoms with E-state index in [-0.39, 0.29) is 11.6 Å². The number of fused-ring (bicyclic) bond motifs is 2. The number of halogens is 1. The minimum absolute atomic E-state index is 0.155. The summed E-state index contributed by atoms with van der Waals surface area (Å²) in [5.41, 5.74) is 6.01. The first-order valence-corrected chi connectivity index (χ1v) is 11.5. The summed E-state index contributed by atoms with van der Waals surface area (Å²) in [6.45, 7) is 5.59. The van der Waals surface area contributed by atoms with Gasteiger partial charge in [0, 0.05) is 43.8 Å². The fourth-order valence-corrected chi connectivity index (χ4v) is 4.92. The average molecular weight is 461 g/mol. The third-order valence-corrected chi connectivity index (χ3v) is 6.67. The third kappa shape index (κ3) is 3.52. The number of hydrogen-bond acceptors (Lipinski definition) is 5. The van der Waals surface area contributed by atoms with Crippen LogP contribution in [0.1, 0.15) is 28.0 Å². The molecule has 34 heavy (non-hydrogen) atoms. The molecular weight excluding hydrogens is 435 g/mol. The zero-order chi connectivity index (χ0) is 23.2. The number of benzene rings is 1. The van der Waals surface area contributed by atoms with Crippen molar-refractivity contribution in [3.63, 3.8) is 0 Å². The first-order chi connectivity index (χ1) is 16.6. The average Bonchev–Trinajstić information content (AvgIpc) is 3.58. The van der Waals surface area contributed by atoms with E-state index < -0.39 is 5.82 Å². The molecule has 0 aliphatic carbocycles. The van der Waals surface area contributed by atoms with Crippen molar-refractivity contribution in [2.45, 2.75) is 26.3 Å². The van der Waals surface area contributed by atoms with E-state index in [1.165, 1.54) is 6.07 Å². The van der Waals surface area contributed by atoms with Crippen LogP contribution in [0.15, 0.2) is 43.0 Å². The van der Waals surface area contributed by atoms with Gasteiger partial charge in [0.25, 0.3) is 5.91 Å². The maximum Gasteiger partial charge on any atom is 0.259 e. The summed E-state index contributed by atoms with van der Waals surface area (Å²) in [5, 5.41) is 7.06. The summed E-state index contributed by atoms with van der Waals surface area (Å²) in [6, 6.07) is 5.28. The van der Waals surface area contributed by atoms with Crippen LogP contribution in [-0.2, 0) is 17.7 Å². The SMILES string of the molecule is Cc1cc(F)c(NC(=O)c2cnn3c2CCC3)cc1-c1cc(N2CCOCC2)c2nccn2c1. The predicted molar refractivity (Wildman–Crippen MR) is 127 cm³/mol. The first-order valence-electron chi connectivity index (χ1n) is 11.5. The van der Waals surface area contributed by atoms with Crippen LogP contribution in [0.25, 0.3) is 16.8 Å². The summed E-state index contributed by atoms with van der Waals surface area (Å²) in [4.78, 5) is 19.8. The van der Waals surface area contributed by atoms with Crippen molar-refractivity contribution in [2.24, 2.45) is 0 Å². The minimum atomic E-state index is -0.462. The highest BCUT2D eigenvalue weighted by Gasteiger charge is 2.23. The van der Waals surface area contributed by atoms with E-state index in [9.17, 15) is 9.18 Å². The number of rotatable bonds is 4. The topological polar surface area (TPSA) is 76.7 Å². The van der Waals surface area contributed by atoms with Crippen molar-refractivity contribution < 1.29 is 13.9 Å². The molecule has 0 spiro atoms. The molecule has 6 rings (SSSR count). The molecule has 0 radical (unpaired) electrons. The lowest BCUT2D eigenvalue weighted by Gasteiger charge is -2.29. The highest BCUT2D eigenvalue weighted by Crippen LogP contribution is 2.33. The number of nitrogens with one attached hydrogen (secondary N) is 1. The zero-order valence-electron chi connectivity index (χ0n) is 18.9. The van der Waals surface area contributed by atoms with Gasteiger partial charge < -0.3 is 19.4 Å². The molecule has 0 saturated carbocycles. The van der Waals surface area contributed by atoms with Gasteiger partial charge in [-0.15, -0.1) is 0 Å². The van der Waals surface area contributed by atoms with Gasteiger partial charge in [0.2, 0.25) is 0 Å². The minimum Gasteiger partial charge on any atom is -0.378 e. The number of ether oxygens (including phenoxy) is 1. The number of aryl methyl sites for hydroxylation is 2. The van der Waals surface area contributed by atoms with E-state index in [2.05, 4.69) is 26.4 Å². The lowest BCUT2D eigenvalue weighted by atomic mass is 10.00. The molecule has 9 heteroatoms. The normalized spacial score (nSPS) is 15.6. The second-order valence-corrected chi connectivity index (χ2v) is 8.80. The number of nitrogens with zero attached hydrogens (tertiary/aromatic N) is 5. The molecule has 2 aliphatic rings. The Morgan fingerprint density at radius 3 is 2.88 bits per heavy atom. The Balaban J connectivity index is 1.38. The Morgan fingerprint density at radius 1 is 1.18 bits per heavy atom. The lowest BCUT2D eigenvalue weighted by molar-refractivity contribution is 0.102. The van der Waals surface area contributed by atoms with Crippen LogP contribution in [0.4, 0.5) is 15.8 Å². The molecule has 1 aromatic carbocycles. The van der Waals surface area contributed by atoms with E-state index in [1.54, 1.807) is 18.5 Å². The van der Waals surface area contributed by atoms with Crippen LogP contribution in [0.2, 0.25) is 0 Å². The Morgan fingerprint density at radius 2 is 2.03 bits per heavy atom. The summed E-state index contributed by atoms with van der Waals surface area (Å²) < 4.78 is 24.3. The van der Waals surface area contributed by atoms with E-state index in [4.69, 9.17) is 4.74 Å². The van der Waals surface area contributed by atoms with Crippen LogP contribution in [0.3, 0.4) is 0 Å². The van der Waals surface area contributed by atoms with Crippen molar-refractivity contribution in [1.82, 2.24) is 19.2 Å². The van der Waals surface area contributed by atoms with Gasteiger partial charge >= 0.3 is 0 Å². The van der Waals surface area contributed by atoms with Gasteiger partial charge in [-0.25, -0.2) is 9.37 Å². The quantitative estimate of drug-likeness (QED) is 0.503. The molecule has 2 aliphatic heterocycles. The second-order valence-electron chi connectivity index (χ2n) is 8.80. The van der Waals surface area contributed by atoms with Gasteiger partial charge in [-0.1, -0.05) is 0 Å². The van der Waals surface area contributed by atoms with Crippen molar-refractivity contribution in [2.75, 3.05) is 36.5 Å². The number of aromatic nitrogens is 4. The summed E-state index contributed by atoms with van der Waals surface area (Å²) in [6.07, 6.45) is 9.01. The maximum atomic E-state index is 14.9. The summed E-state index contributed by atoms with van der Waals surface area (Å²) in [7, 11) is 0. The Kier molecular flexibility index (Phi) is 5.06. The number of carbonyl (C=O) groups is 1. The Bertz CT molecular complexity index is 1400. The lowest BCUT2D eigenvalue weighted by Crippen LogP contribution is -2.36. The molecule has 1 fully saturated rings. The fraction of sp³-hybridized carbons (Fsp3) is 0.320. The number of carbonyl (C=O) groups excluding carboxylic acids is 1. The van der Waals surface area contributed by atoms with Crippen LogP contribution >= 0.6 is 0 Å². The largest absolute Gasteiger partial charge is 0.378 e. The molecule has 0 bridgehead atoms. The predicted octanol–water partition coefficient (Wildman–Crippen LogP) is 3.68. The monoisotopic (exact) mass is 460 g/mol. The smallest absolute Gasteiger partial charge is 0.259 e. The molecule has 1 N–H and O–H groups in total. The Hall–Kier alpha value is -3.72. The zero-order valence-corrected chi connectivity index (χ0v) is 18.9. The maximum absolute atomic E-state index is 14.9. The van der Waals surface area contributed by atoms with Crippen LogP contribution in [-0.4, -0.2) is 51.4 Å². The van der Waals surface area contributed by atoms with Gasteiger partial charge in [-0.2, -0.15) is 5.10 Å². The van der Waals surface area contributed by atoms with E-state index >= 15 is 0 Å². The molecule has 8 nitrogen and oxygen atoms in total. The van der Waals surface area contributed by atoms with Crippen molar-refractivity contribution in [3.8, 4) is 11.1 Å². The highest BCUT2D eigenvalue weighted by molar-refractivity contribution is 6.05. The number of hydrogen-bond donors (Lipinski definition) is 1. The Labute approximate surface area is 196 Å². The van der Waals surface area contributed by atoms with Crippen molar-refractivity contribution >= 4 is 22.9 Å². The third-order valence-electron chi connectivity index (χ3n) is 6.67. The van der Waals surface area contributed by atoms with Crippen LogP contribution in [0, 0.1) is 12.7 Å².